The van der Waals surface area contributed by atoms with E-state index in [0.717, 1.165) is 37.1 Å². The summed E-state index contributed by atoms with van der Waals surface area (Å²) in [6.07, 6.45) is 1.17. The van der Waals surface area contributed by atoms with Gasteiger partial charge in [-0.2, -0.15) is 0 Å². The van der Waals surface area contributed by atoms with Crippen molar-refractivity contribution in [2.45, 2.75) is 25.5 Å². The highest BCUT2D eigenvalue weighted by Gasteiger charge is 2.27. The lowest BCUT2D eigenvalue weighted by molar-refractivity contribution is -0.121. The number of amides is 3. The largest absolute Gasteiger partial charge is 0.388 e. The van der Waals surface area contributed by atoms with Gasteiger partial charge in [-0.1, -0.05) is 60.7 Å². The molecular weight excluding hydrogens is 354 g/mol. The number of hydrogen-bond donors (Lipinski definition) is 3. The van der Waals surface area contributed by atoms with E-state index >= 15 is 0 Å². The highest BCUT2D eigenvalue weighted by Crippen LogP contribution is 2.30. The van der Waals surface area contributed by atoms with Crippen LogP contribution in [0.25, 0.3) is 0 Å². The molecule has 6 heteroatoms. The van der Waals surface area contributed by atoms with E-state index in [-0.39, 0.29) is 18.4 Å². The topological polar surface area (TPSA) is 81.7 Å². The van der Waals surface area contributed by atoms with Crippen LogP contribution in [0.5, 0.6) is 0 Å². The summed E-state index contributed by atoms with van der Waals surface area (Å²) in [5.74, 6) is -0.122. The molecule has 1 atom stereocenters. The molecule has 0 radical (unpaired) electrons. The van der Waals surface area contributed by atoms with Crippen molar-refractivity contribution in [2.24, 2.45) is 5.92 Å². The lowest BCUT2D eigenvalue weighted by Gasteiger charge is -2.33. The predicted molar refractivity (Wildman–Crippen MR) is 107 cm³/mol. The molecule has 0 aliphatic carbocycles. The van der Waals surface area contributed by atoms with Gasteiger partial charge in [0.15, 0.2) is 0 Å². The van der Waals surface area contributed by atoms with Gasteiger partial charge in [0.25, 0.3) is 0 Å². The molecule has 3 N–H and O–H groups in total. The lowest BCUT2D eigenvalue weighted by Crippen LogP contribution is -2.46. The van der Waals surface area contributed by atoms with Crippen LogP contribution in [0, 0.1) is 5.92 Å². The van der Waals surface area contributed by atoms with Crippen molar-refractivity contribution < 1.29 is 14.7 Å². The summed E-state index contributed by atoms with van der Waals surface area (Å²) in [5.41, 5.74) is 1.91. The number of aliphatic hydroxyl groups excluding tert-OH is 1. The minimum atomic E-state index is -0.483. The first-order valence-corrected chi connectivity index (χ1v) is 9.69. The molecule has 3 rings (SSSR count). The summed E-state index contributed by atoms with van der Waals surface area (Å²) in [5, 5.41) is 15.6. The molecule has 2 aromatic rings. The van der Waals surface area contributed by atoms with Gasteiger partial charge in [-0.15, -0.1) is 0 Å². The minimum absolute atomic E-state index is 0.187. The molecule has 0 bridgehead atoms. The maximum absolute atomic E-state index is 12.1. The number of likely N-dealkylation sites (tertiary alicyclic amines) is 1. The Morgan fingerprint density at radius 1 is 1.00 bits per heavy atom. The van der Waals surface area contributed by atoms with E-state index in [0.29, 0.717) is 6.54 Å². The Balaban J connectivity index is 1.37. The van der Waals surface area contributed by atoms with Gasteiger partial charge in [-0.05, 0) is 43.0 Å². The summed E-state index contributed by atoms with van der Waals surface area (Å²) in [6.45, 7) is 2.02. The first-order valence-electron chi connectivity index (χ1n) is 9.69. The van der Waals surface area contributed by atoms with Crippen LogP contribution in [0.4, 0.5) is 4.79 Å². The standard InChI is InChI=1S/C22H27N3O3/c26-20(24-22(28)23-15-17-7-3-1-4-8-17)16-25-13-11-19(12-14-25)21(27)18-9-5-2-6-10-18/h1-10,19,21,27H,11-16H2,(H2,23,24,26,28). The summed E-state index contributed by atoms with van der Waals surface area (Å²) in [6, 6.07) is 18.7. The van der Waals surface area contributed by atoms with Crippen LogP contribution in [-0.2, 0) is 11.3 Å². The molecule has 0 saturated carbocycles. The van der Waals surface area contributed by atoms with Crippen LogP contribution in [-0.4, -0.2) is 41.6 Å². The Hall–Kier alpha value is -2.70. The van der Waals surface area contributed by atoms with Gasteiger partial charge in [-0.25, -0.2) is 4.79 Å². The van der Waals surface area contributed by atoms with Crippen molar-refractivity contribution in [1.29, 1.82) is 0 Å². The first-order chi connectivity index (χ1) is 13.6. The van der Waals surface area contributed by atoms with Gasteiger partial charge in [0.05, 0.1) is 12.6 Å². The average Bonchev–Trinajstić information content (AvgIpc) is 2.73. The average molecular weight is 381 g/mol. The van der Waals surface area contributed by atoms with E-state index in [4.69, 9.17) is 0 Å². The molecule has 2 aromatic carbocycles. The highest BCUT2D eigenvalue weighted by atomic mass is 16.3. The molecule has 1 unspecified atom stereocenters. The van der Waals surface area contributed by atoms with Gasteiger partial charge in [0.2, 0.25) is 5.91 Å². The third-order valence-electron chi connectivity index (χ3n) is 5.14. The number of aliphatic hydroxyl groups is 1. The van der Waals surface area contributed by atoms with Crippen molar-refractivity contribution in [3.05, 3.63) is 71.8 Å². The van der Waals surface area contributed by atoms with E-state index in [1.165, 1.54) is 0 Å². The number of nitrogens with one attached hydrogen (secondary N) is 2. The zero-order valence-electron chi connectivity index (χ0n) is 15.9. The van der Waals surface area contributed by atoms with Gasteiger partial charge < -0.3 is 10.4 Å². The van der Waals surface area contributed by atoms with Crippen LogP contribution in [0.3, 0.4) is 0 Å². The number of rotatable bonds is 6. The highest BCUT2D eigenvalue weighted by molar-refractivity contribution is 5.95. The van der Waals surface area contributed by atoms with Crippen molar-refractivity contribution in [3.8, 4) is 0 Å². The Labute approximate surface area is 165 Å². The second kappa shape index (κ2) is 10.0. The number of carbonyl (C=O) groups excluding carboxylic acids is 2. The molecule has 1 aliphatic heterocycles. The number of benzene rings is 2. The number of imide groups is 1. The molecular formula is C22H27N3O3. The predicted octanol–water partition coefficient (Wildman–Crippen LogP) is 2.46. The van der Waals surface area contributed by atoms with Crippen molar-refractivity contribution in [3.63, 3.8) is 0 Å². The van der Waals surface area contributed by atoms with Gasteiger partial charge >= 0.3 is 6.03 Å². The van der Waals surface area contributed by atoms with E-state index in [1.807, 2.05) is 65.6 Å². The molecule has 3 amide bonds. The molecule has 0 spiro atoms. The summed E-state index contributed by atoms with van der Waals surface area (Å²) >= 11 is 0. The van der Waals surface area contributed by atoms with Crippen LogP contribution in [0.1, 0.15) is 30.1 Å². The maximum Gasteiger partial charge on any atom is 0.321 e. The zero-order chi connectivity index (χ0) is 19.8. The number of carbonyl (C=O) groups is 2. The van der Waals surface area contributed by atoms with E-state index in [1.54, 1.807) is 0 Å². The van der Waals surface area contributed by atoms with Crippen molar-refractivity contribution in [1.82, 2.24) is 15.5 Å². The molecule has 1 heterocycles. The summed E-state index contributed by atoms with van der Waals surface area (Å²) < 4.78 is 0. The SMILES string of the molecule is O=C(CN1CCC(C(O)c2ccccc2)CC1)NC(=O)NCc1ccccc1. The van der Waals surface area contributed by atoms with Crippen molar-refractivity contribution in [2.75, 3.05) is 19.6 Å². The second-order valence-corrected chi connectivity index (χ2v) is 7.19. The lowest BCUT2D eigenvalue weighted by atomic mass is 9.87. The zero-order valence-corrected chi connectivity index (χ0v) is 15.9. The second-order valence-electron chi connectivity index (χ2n) is 7.19. The summed E-state index contributed by atoms with van der Waals surface area (Å²) in [4.78, 5) is 26.0. The number of hydrogen-bond acceptors (Lipinski definition) is 4. The molecule has 148 valence electrons. The van der Waals surface area contributed by atoms with E-state index in [9.17, 15) is 14.7 Å². The molecule has 1 saturated heterocycles. The Bertz CT molecular complexity index is 759. The minimum Gasteiger partial charge on any atom is -0.388 e. The Kier molecular flexibility index (Phi) is 7.17. The van der Waals surface area contributed by atoms with E-state index < -0.39 is 12.1 Å². The monoisotopic (exact) mass is 381 g/mol. The normalized spacial score (nSPS) is 16.3. The smallest absolute Gasteiger partial charge is 0.321 e. The van der Waals surface area contributed by atoms with Crippen LogP contribution in [0.2, 0.25) is 0 Å². The number of nitrogens with zero attached hydrogens (tertiary/aromatic N) is 1. The fourth-order valence-corrected chi connectivity index (χ4v) is 3.54. The van der Waals surface area contributed by atoms with Gasteiger partial charge in [0.1, 0.15) is 0 Å². The van der Waals surface area contributed by atoms with Crippen LogP contribution in [0.15, 0.2) is 60.7 Å². The fourth-order valence-electron chi connectivity index (χ4n) is 3.54. The molecule has 28 heavy (non-hydrogen) atoms. The number of urea groups is 1. The van der Waals surface area contributed by atoms with Crippen LogP contribution < -0.4 is 10.6 Å². The third-order valence-corrected chi connectivity index (χ3v) is 5.14. The Morgan fingerprint density at radius 3 is 2.25 bits per heavy atom. The van der Waals surface area contributed by atoms with Gasteiger partial charge in [-0.3, -0.25) is 15.0 Å². The third kappa shape index (κ3) is 5.90. The maximum atomic E-state index is 12.1. The summed E-state index contributed by atoms with van der Waals surface area (Å²) in [7, 11) is 0. The van der Waals surface area contributed by atoms with Crippen LogP contribution >= 0.6 is 0 Å². The molecule has 6 nitrogen and oxygen atoms in total. The first kappa shape index (κ1) is 20.0. The fraction of sp³-hybridized carbons (Fsp3) is 0.364. The quantitative estimate of drug-likeness (QED) is 0.718. The van der Waals surface area contributed by atoms with E-state index in [2.05, 4.69) is 10.6 Å². The molecule has 1 aliphatic rings. The molecule has 0 aromatic heterocycles. The number of piperidine rings is 1. The van der Waals surface area contributed by atoms with Crippen molar-refractivity contribution >= 4 is 11.9 Å². The molecule has 1 fully saturated rings. The Morgan fingerprint density at radius 2 is 1.61 bits per heavy atom. The van der Waals surface area contributed by atoms with Gasteiger partial charge in [0, 0.05) is 6.54 Å².